The third kappa shape index (κ3) is 3.98. The molecule has 1 aromatic carbocycles. The maximum absolute atomic E-state index is 11.7. The average molecular weight is 258 g/mol. The summed E-state index contributed by atoms with van der Waals surface area (Å²) in [4.78, 5) is 11.7. The summed E-state index contributed by atoms with van der Waals surface area (Å²) in [5.41, 5.74) is 1.85. The van der Waals surface area contributed by atoms with E-state index >= 15 is 0 Å². The molecule has 3 heteroatoms. The van der Waals surface area contributed by atoms with Crippen molar-refractivity contribution in [2.45, 2.75) is 32.8 Å². The molecular formula is C16H18O3. The molecule has 0 bridgehead atoms. The molecular weight excluding hydrogens is 240 g/mol. The van der Waals surface area contributed by atoms with Gasteiger partial charge in [-0.25, -0.2) is 0 Å². The lowest BCUT2D eigenvalue weighted by Gasteiger charge is -2.03. The van der Waals surface area contributed by atoms with Gasteiger partial charge in [0.2, 0.25) is 0 Å². The second kappa shape index (κ2) is 6.23. The highest BCUT2D eigenvalue weighted by molar-refractivity contribution is 5.72. The fraction of sp³-hybridized carbons (Fsp3) is 0.312. The Morgan fingerprint density at radius 2 is 1.95 bits per heavy atom. The molecule has 2 aromatic rings. The SMILES string of the molecule is CC(C)c1cc(CC(=O)OCc2ccccc2)co1. The van der Waals surface area contributed by atoms with Crippen LogP contribution in [0.1, 0.15) is 36.7 Å². The number of carbonyl (C=O) groups is 1. The number of carbonyl (C=O) groups excluding carboxylic acids is 1. The Kier molecular flexibility index (Phi) is 4.39. The van der Waals surface area contributed by atoms with Gasteiger partial charge in [0.25, 0.3) is 0 Å². The molecule has 2 rings (SSSR count). The van der Waals surface area contributed by atoms with Gasteiger partial charge < -0.3 is 9.15 Å². The maximum Gasteiger partial charge on any atom is 0.310 e. The van der Waals surface area contributed by atoms with Crippen molar-refractivity contribution in [3.05, 3.63) is 59.5 Å². The zero-order valence-corrected chi connectivity index (χ0v) is 11.3. The van der Waals surface area contributed by atoms with Crippen LogP contribution in [0.25, 0.3) is 0 Å². The third-order valence-electron chi connectivity index (χ3n) is 2.83. The Morgan fingerprint density at radius 1 is 1.21 bits per heavy atom. The first kappa shape index (κ1) is 13.4. The fourth-order valence-electron chi connectivity index (χ4n) is 1.75. The van der Waals surface area contributed by atoms with Crippen LogP contribution in [0.15, 0.2) is 47.1 Å². The Bertz CT molecular complexity index is 526. The Balaban J connectivity index is 1.84. The summed E-state index contributed by atoms with van der Waals surface area (Å²) in [6.45, 7) is 4.42. The number of esters is 1. The number of ether oxygens (including phenoxy) is 1. The van der Waals surface area contributed by atoms with Crippen LogP contribution >= 0.6 is 0 Å². The molecule has 0 atom stereocenters. The molecule has 0 aliphatic rings. The van der Waals surface area contributed by atoms with E-state index in [4.69, 9.17) is 9.15 Å². The van der Waals surface area contributed by atoms with Gasteiger partial charge in [-0.2, -0.15) is 0 Å². The van der Waals surface area contributed by atoms with Gasteiger partial charge in [0, 0.05) is 11.5 Å². The highest BCUT2D eigenvalue weighted by Crippen LogP contribution is 2.18. The van der Waals surface area contributed by atoms with Crippen molar-refractivity contribution in [1.82, 2.24) is 0 Å². The van der Waals surface area contributed by atoms with Crippen LogP contribution < -0.4 is 0 Å². The molecule has 0 saturated heterocycles. The molecule has 1 aromatic heterocycles. The minimum Gasteiger partial charge on any atom is -0.469 e. The van der Waals surface area contributed by atoms with Gasteiger partial charge in [-0.15, -0.1) is 0 Å². The van der Waals surface area contributed by atoms with Gasteiger partial charge in [0.1, 0.15) is 12.4 Å². The normalized spacial score (nSPS) is 10.7. The van der Waals surface area contributed by atoms with Gasteiger partial charge >= 0.3 is 5.97 Å². The maximum atomic E-state index is 11.7. The molecule has 0 amide bonds. The summed E-state index contributed by atoms with van der Waals surface area (Å²) in [5, 5.41) is 0. The van der Waals surface area contributed by atoms with E-state index in [-0.39, 0.29) is 12.4 Å². The molecule has 3 nitrogen and oxygen atoms in total. The summed E-state index contributed by atoms with van der Waals surface area (Å²) in [7, 11) is 0. The van der Waals surface area contributed by atoms with E-state index in [2.05, 4.69) is 13.8 Å². The third-order valence-corrected chi connectivity index (χ3v) is 2.83. The lowest BCUT2D eigenvalue weighted by atomic mass is 10.1. The summed E-state index contributed by atoms with van der Waals surface area (Å²) < 4.78 is 10.6. The van der Waals surface area contributed by atoms with Crippen molar-refractivity contribution in [2.75, 3.05) is 0 Å². The quantitative estimate of drug-likeness (QED) is 0.768. The zero-order valence-electron chi connectivity index (χ0n) is 11.3. The Hall–Kier alpha value is -2.03. The van der Waals surface area contributed by atoms with Crippen molar-refractivity contribution >= 4 is 5.97 Å². The molecule has 0 saturated carbocycles. The molecule has 0 unspecified atom stereocenters. The molecule has 0 radical (unpaired) electrons. The monoisotopic (exact) mass is 258 g/mol. The molecule has 0 spiro atoms. The van der Waals surface area contributed by atoms with Crippen LogP contribution in [0.4, 0.5) is 0 Å². The minimum atomic E-state index is -0.236. The first-order chi connectivity index (χ1) is 9.15. The molecule has 0 aliphatic heterocycles. The van der Waals surface area contributed by atoms with Crippen molar-refractivity contribution in [1.29, 1.82) is 0 Å². The van der Waals surface area contributed by atoms with Crippen LogP contribution in [0.2, 0.25) is 0 Å². The van der Waals surface area contributed by atoms with Crippen molar-refractivity contribution in [3.63, 3.8) is 0 Å². The van der Waals surface area contributed by atoms with Crippen molar-refractivity contribution in [2.24, 2.45) is 0 Å². The molecule has 0 N–H and O–H groups in total. The Morgan fingerprint density at radius 3 is 2.58 bits per heavy atom. The summed E-state index contributed by atoms with van der Waals surface area (Å²) in [6, 6.07) is 11.6. The molecule has 0 fully saturated rings. The van der Waals surface area contributed by atoms with Gasteiger partial charge in [0.05, 0.1) is 12.7 Å². The second-order valence-corrected chi connectivity index (χ2v) is 4.84. The van der Waals surface area contributed by atoms with E-state index in [0.717, 1.165) is 16.9 Å². The lowest BCUT2D eigenvalue weighted by Crippen LogP contribution is -2.07. The van der Waals surface area contributed by atoms with E-state index in [0.29, 0.717) is 12.5 Å². The van der Waals surface area contributed by atoms with Crippen LogP contribution in [-0.2, 0) is 22.6 Å². The predicted molar refractivity (Wildman–Crippen MR) is 72.7 cm³/mol. The van der Waals surface area contributed by atoms with Crippen molar-refractivity contribution < 1.29 is 13.9 Å². The van der Waals surface area contributed by atoms with Crippen LogP contribution in [-0.4, -0.2) is 5.97 Å². The van der Waals surface area contributed by atoms with E-state index in [9.17, 15) is 4.79 Å². The Labute approximate surface area is 113 Å². The highest BCUT2D eigenvalue weighted by Gasteiger charge is 2.10. The summed E-state index contributed by atoms with van der Waals surface area (Å²) in [5.74, 6) is 0.986. The largest absolute Gasteiger partial charge is 0.469 e. The van der Waals surface area contributed by atoms with E-state index in [1.807, 2.05) is 36.4 Å². The summed E-state index contributed by atoms with van der Waals surface area (Å²) >= 11 is 0. The van der Waals surface area contributed by atoms with E-state index in [1.54, 1.807) is 6.26 Å². The van der Waals surface area contributed by atoms with Gasteiger partial charge in [-0.05, 0) is 11.6 Å². The van der Waals surface area contributed by atoms with E-state index in [1.165, 1.54) is 0 Å². The standard InChI is InChI=1S/C16H18O3/c1-12(2)15-8-14(11-18-15)9-16(17)19-10-13-6-4-3-5-7-13/h3-8,11-12H,9-10H2,1-2H3. The number of benzene rings is 1. The number of hydrogen-bond donors (Lipinski definition) is 0. The van der Waals surface area contributed by atoms with Crippen LogP contribution in [0.5, 0.6) is 0 Å². The molecule has 0 aliphatic carbocycles. The molecule has 1 heterocycles. The molecule has 100 valence electrons. The highest BCUT2D eigenvalue weighted by atomic mass is 16.5. The summed E-state index contributed by atoms with van der Waals surface area (Å²) in [6.07, 6.45) is 1.88. The molecule has 19 heavy (non-hydrogen) atoms. The van der Waals surface area contributed by atoms with Gasteiger partial charge in [-0.1, -0.05) is 44.2 Å². The van der Waals surface area contributed by atoms with Crippen molar-refractivity contribution in [3.8, 4) is 0 Å². The smallest absolute Gasteiger partial charge is 0.310 e. The first-order valence-corrected chi connectivity index (χ1v) is 6.42. The predicted octanol–water partition coefficient (Wildman–Crippen LogP) is 3.69. The topological polar surface area (TPSA) is 39.4 Å². The van der Waals surface area contributed by atoms with Gasteiger partial charge in [-0.3, -0.25) is 4.79 Å². The first-order valence-electron chi connectivity index (χ1n) is 6.42. The average Bonchev–Trinajstić information content (AvgIpc) is 2.86. The van der Waals surface area contributed by atoms with E-state index < -0.39 is 0 Å². The lowest BCUT2D eigenvalue weighted by molar-refractivity contribution is -0.144. The van der Waals surface area contributed by atoms with Gasteiger partial charge in [0.15, 0.2) is 0 Å². The second-order valence-electron chi connectivity index (χ2n) is 4.84. The number of rotatable bonds is 5. The van der Waals surface area contributed by atoms with Crippen LogP contribution in [0, 0.1) is 0 Å². The zero-order chi connectivity index (χ0) is 13.7. The fourth-order valence-corrected chi connectivity index (χ4v) is 1.75. The minimum absolute atomic E-state index is 0.236. The number of hydrogen-bond acceptors (Lipinski definition) is 3. The number of furan rings is 1. The van der Waals surface area contributed by atoms with Crippen LogP contribution in [0.3, 0.4) is 0 Å².